The molecular formula is C17H28IN3O3S. The maximum atomic E-state index is 11.5. The molecule has 25 heavy (non-hydrogen) atoms. The lowest BCUT2D eigenvalue weighted by Gasteiger charge is -2.23. The third-order valence-electron chi connectivity index (χ3n) is 4.17. The Morgan fingerprint density at radius 1 is 1.32 bits per heavy atom. The average Bonchev–Trinajstić information content (AvgIpc) is 2.90. The summed E-state index contributed by atoms with van der Waals surface area (Å²) < 4.78 is 23.0. The third-order valence-corrected chi connectivity index (χ3v) is 6.01. The molecule has 1 saturated heterocycles. The largest absolute Gasteiger partial charge is 0.384 e. The highest BCUT2D eigenvalue weighted by atomic mass is 127. The van der Waals surface area contributed by atoms with E-state index in [4.69, 9.17) is 0 Å². The molecule has 0 aromatic heterocycles. The van der Waals surface area contributed by atoms with Crippen molar-refractivity contribution < 1.29 is 13.5 Å². The van der Waals surface area contributed by atoms with Gasteiger partial charge in [-0.15, -0.1) is 24.0 Å². The molecule has 1 aliphatic rings. The van der Waals surface area contributed by atoms with Crippen molar-refractivity contribution in [1.29, 1.82) is 0 Å². The number of benzene rings is 1. The first-order valence-electron chi connectivity index (χ1n) is 8.33. The fraction of sp³-hybridized carbons (Fsp3) is 0.588. The number of guanidine groups is 1. The van der Waals surface area contributed by atoms with Crippen LogP contribution >= 0.6 is 24.0 Å². The molecule has 8 heteroatoms. The standard InChI is InChI=1S/C17H27N3O3S.HI/c1-3-18-16(19-11-14-9-10-24(22,23)12-14)20-13-17(2,21)15-7-5-4-6-8-15;/h4-8,14,21H,3,9-13H2,1-2H3,(H2,18,19,20);1H. The van der Waals surface area contributed by atoms with Crippen LogP contribution in [0.2, 0.25) is 0 Å². The number of sulfone groups is 1. The number of aliphatic hydroxyl groups is 1. The van der Waals surface area contributed by atoms with Gasteiger partial charge in [-0.1, -0.05) is 30.3 Å². The van der Waals surface area contributed by atoms with Gasteiger partial charge < -0.3 is 15.7 Å². The molecule has 6 nitrogen and oxygen atoms in total. The predicted molar refractivity (Wildman–Crippen MR) is 112 cm³/mol. The summed E-state index contributed by atoms with van der Waals surface area (Å²) in [5, 5.41) is 16.9. The van der Waals surface area contributed by atoms with E-state index in [1.165, 1.54) is 0 Å². The second kappa shape index (κ2) is 9.72. The third kappa shape index (κ3) is 7.10. The summed E-state index contributed by atoms with van der Waals surface area (Å²) in [7, 11) is -2.87. The Morgan fingerprint density at radius 3 is 2.56 bits per heavy atom. The Morgan fingerprint density at radius 2 is 2.00 bits per heavy atom. The zero-order valence-electron chi connectivity index (χ0n) is 14.7. The highest BCUT2D eigenvalue weighted by Gasteiger charge is 2.28. The van der Waals surface area contributed by atoms with Gasteiger partial charge in [0.1, 0.15) is 5.60 Å². The van der Waals surface area contributed by atoms with E-state index in [9.17, 15) is 13.5 Å². The van der Waals surface area contributed by atoms with E-state index in [0.29, 0.717) is 25.5 Å². The van der Waals surface area contributed by atoms with Crippen LogP contribution in [0.4, 0.5) is 0 Å². The quantitative estimate of drug-likeness (QED) is 0.326. The van der Waals surface area contributed by atoms with Gasteiger partial charge in [-0.25, -0.2) is 13.4 Å². The number of halogens is 1. The SMILES string of the molecule is CCNC(=NCC(C)(O)c1ccccc1)NCC1CCS(=O)(=O)C1.I. The highest BCUT2D eigenvalue weighted by Crippen LogP contribution is 2.20. The molecule has 0 radical (unpaired) electrons. The molecule has 1 aromatic rings. The molecule has 3 N–H and O–H groups in total. The van der Waals surface area contributed by atoms with Crippen molar-refractivity contribution in [3.05, 3.63) is 35.9 Å². The van der Waals surface area contributed by atoms with E-state index < -0.39 is 15.4 Å². The lowest BCUT2D eigenvalue weighted by molar-refractivity contribution is 0.0672. The van der Waals surface area contributed by atoms with Crippen molar-refractivity contribution in [3.8, 4) is 0 Å². The molecule has 2 atom stereocenters. The molecule has 2 rings (SSSR count). The summed E-state index contributed by atoms with van der Waals surface area (Å²) in [6, 6.07) is 9.43. The first-order valence-corrected chi connectivity index (χ1v) is 10.1. The van der Waals surface area contributed by atoms with Crippen LogP contribution in [-0.4, -0.2) is 50.6 Å². The molecule has 0 spiro atoms. The van der Waals surface area contributed by atoms with Gasteiger partial charge in [-0.05, 0) is 31.7 Å². The van der Waals surface area contributed by atoms with Crippen molar-refractivity contribution in [3.63, 3.8) is 0 Å². The number of hydrogen-bond acceptors (Lipinski definition) is 4. The molecule has 0 saturated carbocycles. The van der Waals surface area contributed by atoms with Gasteiger partial charge in [0.2, 0.25) is 0 Å². The Balaban J connectivity index is 0.00000312. The molecule has 1 aromatic carbocycles. The second-order valence-electron chi connectivity index (χ2n) is 6.49. The fourth-order valence-electron chi connectivity index (χ4n) is 2.74. The minimum atomic E-state index is -2.87. The van der Waals surface area contributed by atoms with E-state index in [0.717, 1.165) is 5.56 Å². The van der Waals surface area contributed by atoms with Gasteiger partial charge in [0.25, 0.3) is 0 Å². The van der Waals surface area contributed by atoms with Crippen molar-refractivity contribution in [2.75, 3.05) is 31.1 Å². The fourth-order valence-corrected chi connectivity index (χ4v) is 4.60. The van der Waals surface area contributed by atoms with Crippen LogP contribution in [0.3, 0.4) is 0 Å². The van der Waals surface area contributed by atoms with Crippen LogP contribution in [0.1, 0.15) is 25.8 Å². The smallest absolute Gasteiger partial charge is 0.191 e. The van der Waals surface area contributed by atoms with E-state index in [2.05, 4.69) is 15.6 Å². The van der Waals surface area contributed by atoms with Crippen LogP contribution in [0.15, 0.2) is 35.3 Å². The summed E-state index contributed by atoms with van der Waals surface area (Å²) in [6.45, 7) is 5.18. The lowest BCUT2D eigenvalue weighted by Crippen LogP contribution is -2.41. The molecular weight excluding hydrogens is 453 g/mol. The van der Waals surface area contributed by atoms with Crippen molar-refractivity contribution in [2.24, 2.45) is 10.9 Å². The molecule has 0 aliphatic carbocycles. The van der Waals surface area contributed by atoms with E-state index in [-0.39, 0.29) is 47.9 Å². The van der Waals surface area contributed by atoms with Gasteiger partial charge in [0, 0.05) is 13.1 Å². The number of nitrogens with one attached hydrogen (secondary N) is 2. The maximum absolute atomic E-state index is 11.5. The monoisotopic (exact) mass is 481 g/mol. The molecule has 1 aliphatic heterocycles. The Kier molecular flexibility index (Phi) is 8.62. The first kappa shape index (κ1) is 22.2. The minimum Gasteiger partial charge on any atom is -0.384 e. The Bertz CT molecular complexity index is 663. The predicted octanol–water partition coefficient (Wildman–Crippen LogP) is 1.50. The Hall–Kier alpha value is -0.870. The summed E-state index contributed by atoms with van der Waals surface area (Å²) >= 11 is 0. The van der Waals surface area contributed by atoms with Gasteiger partial charge in [-0.2, -0.15) is 0 Å². The van der Waals surface area contributed by atoms with Crippen molar-refractivity contribution in [2.45, 2.75) is 25.9 Å². The van der Waals surface area contributed by atoms with Gasteiger partial charge in [0.15, 0.2) is 15.8 Å². The number of hydrogen-bond donors (Lipinski definition) is 3. The summed E-state index contributed by atoms with van der Waals surface area (Å²) in [5.74, 6) is 1.23. The minimum absolute atomic E-state index is 0. The molecule has 0 bridgehead atoms. The van der Waals surface area contributed by atoms with Crippen LogP contribution in [-0.2, 0) is 15.4 Å². The topological polar surface area (TPSA) is 90.8 Å². The highest BCUT2D eigenvalue weighted by molar-refractivity contribution is 14.0. The maximum Gasteiger partial charge on any atom is 0.191 e. The average molecular weight is 481 g/mol. The summed E-state index contributed by atoms with van der Waals surface area (Å²) in [5.41, 5.74) is -0.244. The second-order valence-corrected chi connectivity index (χ2v) is 8.71. The van der Waals surface area contributed by atoms with E-state index >= 15 is 0 Å². The van der Waals surface area contributed by atoms with Crippen molar-refractivity contribution in [1.82, 2.24) is 10.6 Å². The molecule has 0 amide bonds. The van der Waals surface area contributed by atoms with E-state index in [1.54, 1.807) is 6.92 Å². The molecule has 142 valence electrons. The summed E-state index contributed by atoms with van der Waals surface area (Å²) in [6.07, 6.45) is 0.691. The van der Waals surface area contributed by atoms with Crippen LogP contribution in [0.25, 0.3) is 0 Å². The molecule has 2 unspecified atom stereocenters. The molecule has 1 fully saturated rings. The number of aliphatic imine (C=N–C) groups is 1. The Labute approximate surface area is 167 Å². The first-order chi connectivity index (χ1) is 11.3. The zero-order valence-corrected chi connectivity index (χ0v) is 17.9. The van der Waals surface area contributed by atoms with Gasteiger partial charge in [-0.3, -0.25) is 0 Å². The lowest BCUT2D eigenvalue weighted by atomic mass is 9.96. The van der Waals surface area contributed by atoms with Crippen LogP contribution < -0.4 is 10.6 Å². The van der Waals surface area contributed by atoms with Gasteiger partial charge in [0.05, 0.1) is 18.1 Å². The van der Waals surface area contributed by atoms with Crippen LogP contribution in [0.5, 0.6) is 0 Å². The number of rotatable bonds is 6. The summed E-state index contributed by atoms with van der Waals surface area (Å²) in [4.78, 5) is 4.45. The zero-order chi connectivity index (χ0) is 17.6. The van der Waals surface area contributed by atoms with Crippen molar-refractivity contribution >= 4 is 39.8 Å². The normalized spacial score (nSPS) is 21.9. The van der Waals surface area contributed by atoms with Gasteiger partial charge >= 0.3 is 0 Å². The van der Waals surface area contributed by atoms with E-state index in [1.807, 2.05) is 37.3 Å². The van der Waals surface area contributed by atoms with Crippen LogP contribution in [0, 0.1) is 5.92 Å². The molecule has 1 heterocycles. The number of nitrogens with zero attached hydrogens (tertiary/aromatic N) is 1.